The summed E-state index contributed by atoms with van der Waals surface area (Å²) in [5.41, 5.74) is 3.36. The van der Waals surface area contributed by atoms with Gasteiger partial charge in [-0.1, -0.05) is 35.9 Å². The highest BCUT2D eigenvalue weighted by molar-refractivity contribution is 14.1. The van der Waals surface area contributed by atoms with E-state index >= 15 is 0 Å². The van der Waals surface area contributed by atoms with Gasteiger partial charge in [-0.2, -0.15) is 11.8 Å². The van der Waals surface area contributed by atoms with E-state index < -0.39 is 0 Å². The molecular formula is C17H18INOS. The second-order valence-corrected chi connectivity index (χ2v) is 7.16. The van der Waals surface area contributed by atoms with Gasteiger partial charge in [0.25, 0.3) is 5.91 Å². The Balaban J connectivity index is 1.69. The van der Waals surface area contributed by atoms with Crippen LogP contribution in [0.4, 0.5) is 0 Å². The molecule has 0 aliphatic rings. The van der Waals surface area contributed by atoms with Gasteiger partial charge < -0.3 is 5.32 Å². The molecule has 2 aromatic rings. The Morgan fingerprint density at radius 1 is 1.19 bits per heavy atom. The van der Waals surface area contributed by atoms with Gasteiger partial charge >= 0.3 is 0 Å². The zero-order valence-electron chi connectivity index (χ0n) is 11.9. The molecule has 0 saturated carbocycles. The minimum atomic E-state index is 0.00433. The monoisotopic (exact) mass is 411 g/mol. The second kappa shape index (κ2) is 8.44. The Labute approximate surface area is 143 Å². The lowest BCUT2D eigenvalue weighted by atomic mass is 10.2. The van der Waals surface area contributed by atoms with Crippen molar-refractivity contribution in [3.05, 3.63) is 68.8 Å². The van der Waals surface area contributed by atoms with Crippen LogP contribution < -0.4 is 5.32 Å². The van der Waals surface area contributed by atoms with Crippen LogP contribution in [0.2, 0.25) is 0 Å². The molecule has 1 N–H and O–H groups in total. The van der Waals surface area contributed by atoms with Gasteiger partial charge in [0.2, 0.25) is 0 Å². The summed E-state index contributed by atoms with van der Waals surface area (Å²) >= 11 is 4.05. The topological polar surface area (TPSA) is 29.1 Å². The van der Waals surface area contributed by atoms with E-state index in [4.69, 9.17) is 0 Å². The Morgan fingerprint density at radius 2 is 2.00 bits per heavy atom. The van der Waals surface area contributed by atoms with E-state index in [1.807, 2.05) is 36.0 Å². The van der Waals surface area contributed by atoms with Crippen molar-refractivity contribution in [3.63, 3.8) is 0 Å². The Kier molecular flexibility index (Phi) is 6.57. The predicted molar refractivity (Wildman–Crippen MR) is 98.8 cm³/mol. The van der Waals surface area contributed by atoms with E-state index in [1.54, 1.807) is 0 Å². The molecule has 0 bridgehead atoms. The van der Waals surface area contributed by atoms with Crippen LogP contribution in [0.3, 0.4) is 0 Å². The fourth-order valence-corrected chi connectivity index (χ4v) is 3.31. The Bertz CT molecular complexity index is 615. The number of rotatable bonds is 6. The molecule has 0 aliphatic heterocycles. The third kappa shape index (κ3) is 5.71. The minimum Gasteiger partial charge on any atom is -0.351 e. The van der Waals surface area contributed by atoms with Crippen molar-refractivity contribution in [2.45, 2.75) is 12.7 Å². The second-order valence-electron chi connectivity index (χ2n) is 4.81. The first kappa shape index (κ1) is 16.4. The van der Waals surface area contributed by atoms with Gasteiger partial charge in [0.15, 0.2) is 0 Å². The molecule has 0 unspecified atom stereocenters. The van der Waals surface area contributed by atoms with Gasteiger partial charge in [0.05, 0.1) is 0 Å². The lowest BCUT2D eigenvalue weighted by Gasteiger charge is -2.06. The van der Waals surface area contributed by atoms with Gasteiger partial charge in [-0.05, 0) is 53.3 Å². The Hall–Kier alpha value is -1.01. The molecule has 0 aromatic heterocycles. The highest BCUT2D eigenvalue weighted by atomic mass is 127. The van der Waals surface area contributed by atoms with Gasteiger partial charge in [-0.3, -0.25) is 4.79 Å². The van der Waals surface area contributed by atoms with E-state index in [9.17, 15) is 4.79 Å². The molecule has 0 heterocycles. The van der Waals surface area contributed by atoms with Gasteiger partial charge in [-0.25, -0.2) is 0 Å². The molecular weight excluding hydrogens is 393 g/mol. The van der Waals surface area contributed by atoms with Crippen LogP contribution >= 0.6 is 34.4 Å². The lowest BCUT2D eigenvalue weighted by molar-refractivity contribution is 0.0956. The zero-order chi connectivity index (χ0) is 15.1. The van der Waals surface area contributed by atoms with Crippen LogP contribution in [0, 0.1) is 10.5 Å². The molecule has 110 valence electrons. The van der Waals surface area contributed by atoms with E-state index in [2.05, 4.69) is 59.1 Å². The molecule has 21 heavy (non-hydrogen) atoms. The third-order valence-corrected chi connectivity index (χ3v) is 4.67. The number of carbonyl (C=O) groups is 1. The summed E-state index contributed by atoms with van der Waals surface area (Å²) in [7, 11) is 0. The van der Waals surface area contributed by atoms with Crippen LogP contribution in [0.15, 0.2) is 48.5 Å². The number of amides is 1. The van der Waals surface area contributed by atoms with Crippen LogP contribution in [-0.2, 0) is 5.75 Å². The van der Waals surface area contributed by atoms with Crippen LogP contribution in [0.5, 0.6) is 0 Å². The lowest BCUT2D eigenvalue weighted by Crippen LogP contribution is -2.25. The van der Waals surface area contributed by atoms with Crippen molar-refractivity contribution in [3.8, 4) is 0 Å². The van der Waals surface area contributed by atoms with Crippen molar-refractivity contribution in [1.29, 1.82) is 0 Å². The number of nitrogens with one attached hydrogen (secondary N) is 1. The summed E-state index contributed by atoms with van der Waals surface area (Å²) in [6.07, 6.45) is 0. The maximum Gasteiger partial charge on any atom is 0.251 e. The maximum atomic E-state index is 12.0. The molecule has 0 radical (unpaired) electrons. The normalized spacial score (nSPS) is 10.4. The molecule has 0 atom stereocenters. The summed E-state index contributed by atoms with van der Waals surface area (Å²) in [6, 6.07) is 16.2. The Morgan fingerprint density at radius 3 is 2.76 bits per heavy atom. The summed E-state index contributed by atoms with van der Waals surface area (Å²) in [6.45, 7) is 2.80. The van der Waals surface area contributed by atoms with Crippen LogP contribution in [0.25, 0.3) is 0 Å². The molecule has 2 aromatic carbocycles. The molecule has 0 spiro atoms. The van der Waals surface area contributed by atoms with E-state index in [0.717, 1.165) is 20.6 Å². The number of thioether (sulfide) groups is 1. The van der Waals surface area contributed by atoms with Crippen molar-refractivity contribution in [2.24, 2.45) is 0 Å². The third-order valence-electron chi connectivity index (χ3n) is 2.97. The maximum absolute atomic E-state index is 12.0. The average molecular weight is 411 g/mol. The summed E-state index contributed by atoms with van der Waals surface area (Å²) in [5.74, 6) is 1.91. The average Bonchev–Trinajstić information content (AvgIpc) is 2.47. The standard InChI is InChI=1S/C17H18INOS/c1-13-4-2-5-14(10-13)12-21-9-8-19-17(20)15-6-3-7-16(18)11-15/h2-7,10-11H,8-9,12H2,1H3,(H,19,20). The fourth-order valence-electron chi connectivity index (χ4n) is 1.96. The van der Waals surface area contributed by atoms with Gasteiger partial charge in [0.1, 0.15) is 0 Å². The molecule has 1 amide bonds. The van der Waals surface area contributed by atoms with E-state index in [0.29, 0.717) is 6.54 Å². The van der Waals surface area contributed by atoms with E-state index in [-0.39, 0.29) is 5.91 Å². The van der Waals surface area contributed by atoms with Crippen molar-refractivity contribution in [2.75, 3.05) is 12.3 Å². The smallest absolute Gasteiger partial charge is 0.251 e. The highest BCUT2D eigenvalue weighted by Crippen LogP contribution is 2.13. The summed E-state index contributed by atoms with van der Waals surface area (Å²) in [4.78, 5) is 12.0. The zero-order valence-corrected chi connectivity index (χ0v) is 14.9. The molecule has 0 saturated heterocycles. The summed E-state index contributed by atoms with van der Waals surface area (Å²) in [5, 5.41) is 2.96. The minimum absolute atomic E-state index is 0.00433. The number of aryl methyl sites for hydroxylation is 1. The van der Waals surface area contributed by atoms with Crippen molar-refractivity contribution >= 4 is 40.3 Å². The number of hydrogen-bond acceptors (Lipinski definition) is 2. The molecule has 2 rings (SSSR count). The van der Waals surface area contributed by atoms with Crippen molar-refractivity contribution in [1.82, 2.24) is 5.32 Å². The van der Waals surface area contributed by atoms with Crippen molar-refractivity contribution < 1.29 is 4.79 Å². The molecule has 0 fully saturated rings. The number of carbonyl (C=O) groups excluding carboxylic acids is 1. The quantitative estimate of drug-likeness (QED) is 0.569. The highest BCUT2D eigenvalue weighted by Gasteiger charge is 2.04. The molecule has 0 aliphatic carbocycles. The van der Waals surface area contributed by atoms with Crippen LogP contribution in [0.1, 0.15) is 21.5 Å². The fraction of sp³-hybridized carbons (Fsp3) is 0.235. The van der Waals surface area contributed by atoms with Gasteiger partial charge in [-0.15, -0.1) is 0 Å². The van der Waals surface area contributed by atoms with E-state index in [1.165, 1.54) is 11.1 Å². The summed E-state index contributed by atoms with van der Waals surface area (Å²) < 4.78 is 1.08. The first-order valence-electron chi connectivity index (χ1n) is 6.82. The molecule has 4 heteroatoms. The SMILES string of the molecule is Cc1cccc(CSCCNC(=O)c2cccc(I)c2)c1. The first-order chi connectivity index (χ1) is 10.1. The number of benzene rings is 2. The predicted octanol–water partition coefficient (Wildman–Crippen LogP) is 4.26. The largest absolute Gasteiger partial charge is 0.351 e. The number of hydrogen-bond donors (Lipinski definition) is 1. The van der Waals surface area contributed by atoms with Crippen LogP contribution in [-0.4, -0.2) is 18.2 Å². The molecule has 2 nitrogen and oxygen atoms in total. The first-order valence-corrected chi connectivity index (χ1v) is 9.05. The number of halogens is 1. The van der Waals surface area contributed by atoms with Gasteiger partial charge in [0, 0.05) is 27.2 Å².